The standard InChI is InChI=1S/C16H20N6O3/c1-22(2)12(9-23)16(24)25-13-6-4-3-5-10(13)20-21-11-7-8-14(17)19-15(11)18/h3-8,12,23H,9H2,1-2H3,(H4,17,18,19)/b21-20+/t12-/m0/s1. The number of hydrogen-bond acceptors (Lipinski definition) is 9. The topological polar surface area (TPSA) is 139 Å². The summed E-state index contributed by atoms with van der Waals surface area (Å²) in [5.74, 6) is 0.0537. The second-order valence-electron chi connectivity index (χ2n) is 5.39. The predicted molar refractivity (Wildman–Crippen MR) is 93.9 cm³/mol. The maximum Gasteiger partial charge on any atom is 0.331 e. The summed E-state index contributed by atoms with van der Waals surface area (Å²) in [4.78, 5) is 17.6. The van der Waals surface area contributed by atoms with E-state index in [2.05, 4.69) is 15.2 Å². The number of azo groups is 1. The van der Waals surface area contributed by atoms with Crippen molar-refractivity contribution < 1.29 is 14.6 Å². The Balaban J connectivity index is 2.23. The molecule has 0 radical (unpaired) electrons. The molecule has 0 saturated heterocycles. The number of aliphatic hydroxyl groups excluding tert-OH is 1. The van der Waals surface area contributed by atoms with Gasteiger partial charge in [-0.15, -0.1) is 10.2 Å². The first-order valence-electron chi connectivity index (χ1n) is 7.44. The molecule has 1 aromatic carbocycles. The lowest BCUT2D eigenvalue weighted by Gasteiger charge is -2.20. The molecule has 1 aromatic heterocycles. The maximum atomic E-state index is 12.2. The Kier molecular flexibility index (Phi) is 5.98. The molecule has 9 nitrogen and oxygen atoms in total. The highest BCUT2D eigenvalue weighted by atomic mass is 16.5. The van der Waals surface area contributed by atoms with Gasteiger partial charge in [-0.2, -0.15) is 0 Å². The van der Waals surface area contributed by atoms with Crippen LogP contribution in [0.3, 0.4) is 0 Å². The van der Waals surface area contributed by atoms with Gasteiger partial charge in [0.25, 0.3) is 0 Å². The molecular formula is C16H20N6O3. The average Bonchev–Trinajstić information content (AvgIpc) is 2.55. The number of nitrogens with two attached hydrogens (primary N) is 2. The van der Waals surface area contributed by atoms with Gasteiger partial charge < -0.3 is 21.3 Å². The number of esters is 1. The molecular weight excluding hydrogens is 324 g/mol. The number of anilines is 2. The molecule has 0 aliphatic carbocycles. The van der Waals surface area contributed by atoms with Crippen molar-refractivity contribution in [3.63, 3.8) is 0 Å². The van der Waals surface area contributed by atoms with Crippen LogP contribution in [0, 0.1) is 0 Å². The number of nitrogens with zero attached hydrogens (tertiary/aromatic N) is 4. The number of aliphatic hydroxyl groups is 1. The summed E-state index contributed by atoms with van der Waals surface area (Å²) in [6.45, 7) is -0.358. The number of carbonyl (C=O) groups is 1. The van der Waals surface area contributed by atoms with Crippen LogP contribution in [0.5, 0.6) is 5.75 Å². The van der Waals surface area contributed by atoms with Gasteiger partial charge >= 0.3 is 5.97 Å². The fourth-order valence-electron chi connectivity index (χ4n) is 1.93. The van der Waals surface area contributed by atoms with Crippen molar-refractivity contribution in [1.29, 1.82) is 0 Å². The molecule has 9 heteroatoms. The quantitative estimate of drug-likeness (QED) is 0.410. The van der Waals surface area contributed by atoms with Crippen LogP contribution >= 0.6 is 0 Å². The molecule has 0 aliphatic heterocycles. The van der Waals surface area contributed by atoms with Crippen molar-refractivity contribution in [3.8, 4) is 5.75 Å². The number of benzene rings is 1. The molecule has 2 rings (SSSR count). The van der Waals surface area contributed by atoms with E-state index in [1.54, 1.807) is 55.4 Å². The fraction of sp³-hybridized carbons (Fsp3) is 0.250. The van der Waals surface area contributed by atoms with E-state index in [1.807, 2.05) is 0 Å². The molecule has 5 N–H and O–H groups in total. The van der Waals surface area contributed by atoms with Crippen molar-refractivity contribution in [2.24, 2.45) is 10.2 Å². The van der Waals surface area contributed by atoms with Crippen molar-refractivity contribution >= 4 is 29.0 Å². The van der Waals surface area contributed by atoms with Gasteiger partial charge in [0.2, 0.25) is 0 Å². The van der Waals surface area contributed by atoms with Crippen LogP contribution in [-0.2, 0) is 4.79 Å². The minimum atomic E-state index is -0.776. The molecule has 0 bridgehead atoms. The van der Waals surface area contributed by atoms with Crippen LogP contribution in [0.15, 0.2) is 46.6 Å². The van der Waals surface area contributed by atoms with E-state index in [0.717, 1.165) is 0 Å². The van der Waals surface area contributed by atoms with E-state index in [0.29, 0.717) is 11.4 Å². The van der Waals surface area contributed by atoms with E-state index in [4.69, 9.17) is 16.2 Å². The normalized spacial score (nSPS) is 12.5. The summed E-state index contributed by atoms with van der Waals surface area (Å²) in [6, 6.07) is 9.01. The maximum absolute atomic E-state index is 12.2. The molecule has 1 atom stereocenters. The first-order chi connectivity index (χ1) is 11.9. The highest BCUT2D eigenvalue weighted by Crippen LogP contribution is 2.30. The van der Waals surface area contributed by atoms with Crippen molar-refractivity contribution in [1.82, 2.24) is 9.88 Å². The highest BCUT2D eigenvalue weighted by Gasteiger charge is 2.22. The third-order valence-corrected chi connectivity index (χ3v) is 3.33. The molecule has 0 amide bonds. The Morgan fingerprint density at radius 1 is 1.20 bits per heavy atom. The summed E-state index contributed by atoms with van der Waals surface area (Å²) < 4.78 is 5.34. The smallest absolute Gasteiger partial charge is 0.331 e. The van der Waals surface area contributed by atoms with Gasteiger partial charge in [-0.25, -0.2) is 9.78 Å². The average molecular weight is 344 g/mol. The van der Waals surface area contributed by atoms with Gasteiger partial charge in [-0.3, -0.25) is 4.90 Å². The van der Waals surface area contributed by atoms with Crippen LogP contribution in [0.2, 0.25) is 0 Å². The molecule has 1 heterocycles. The van der Waals surface area contributed by atoms with Gasteiger partial charge in [-0.05, 0) is 38.4 Å². The molecule has 0 fully saturated rings. The summed E-state index contributed by atoms with van der Waals surface area (Å²) in [5.41, 5.74) is 11.9. The Morgan fingerprint density at radius 3 is 2.52 bits per heavy atom. The second-order valence-corrected chi connectivity index (χ2v) is 5.39. The van der Waals surface area contributed by atoms with Crippen LogP contribution in [0.25, 0.3) is 0 Å². The molecule has 0 unspecified atom stereocenters. The summed E-state index contributed by atoms with van der Waals surface area (Å²) in [7, 11) is 3.34. The Labute approximate surface area is 144 Å². The Hall–Kier alpha value is -3.04. The number of carbonyl (C=O) groups excluding carboxylic acids is 1. The van der Waals surface area contributed by atoms with Crippen molar-refractivity contribution in [2.75, 3.05) is 32.2 Å². The lowest BCUT2D eigenvalue weighted by Crippen LogP contribution is -2.41. The zero-order valence-electron chi connectivity index (χ0n) is 14.0. The minimum Gasteiger partial charge on any atom is -0.423 e. The Morgan fingerprint density at radius 2 is 1.88 bits per heavy atom. The van der Waals surface area contributed by atoms with Gasteiger partial charge in [0.1, 0.15) is 23.2 Å². The van der Waals surface area contributed by atoms with E-state index in [1.165, 1.54) is 0 Å². The van der Waals surface area contributed by atoms with Crippen LogP contribution in [-0.4, -0.2) is 47.7 Å². The number of likely N-dealkylation sites (N-methyl/N-ethyl adjacent to an activating group) is 1. The number of para-hydroxylation sites is 1. The summed E-state index contributed by atoms with van der Waals surface area (Å²) in [5, 5.41) is 17.4. The first kappa shape index (κ1) is 18.3. The van der Waals surface area contributed by atoms with Gasteiger partial charge in [-0.1, -0.05) is 12.1 Å². The van der Waals surface area contributed by atoms with Crippen molar-refractivity contribution in [2.45, 2.75) is 6.04 Å². The number of pyridine rings is 1. The van der Waals surface area contributed by atoms with E-state index in [9.17, 15) is 9.90 Å². The predicted octanol–water partition coefficient (Wildman–Crippen LogP) is 1.49. The largest absolute Gasteiger partial charge is 0.423 e. The minimum absolute atomic E-state index is 0.145. The highest BCUT2D eigenvalue weighted by molar-refractivity contribution is 5.79. The Bertz CT molecular complexity index is 778. The van der Waals surface area contributed by atoms with Gasteiger partial charge in [0, 0.05) is 0 Å². The van der Waals surface area contributed by atoms with E-state index >= 15 is 0 Å². The second kappa shape index (κ2) is 8.18. The van der Waals surface area contributed by atoms with Gasteiger partial charge in [0.05, 0.1) is 6.61 Å². The van der Waals surface area contributed by atoms with Crippen LogP contribution in [0.4, 0.5) is 23.0 Å². The third kappa shape index (κ3) is 4.72. The zero-order chi connectivity index (χ0) is 18.4. The monoisotopic (exact) mass is 344 g/mol. The number of ether oxygens (including phenoxy) is 1. The summed E-state index contributed by atoms with van der Waals surface area (Å²) in [6.07, 6.45) is 0. The van der Waals surface area contributed by atoms with E-state index in [-0.39, 0.29) is 24.0 Å². The summed E-state index contributed by atoms with van der Waals surface area (Å²) >= 11 is 0. The number of hydrogen-bond donors (Lipinski definition) is 3. The molecule has 2 aromatic rings. The fourth-order valence-corrected chi connectivity index (χ4v) is 1.93. The van der Waals surface area contributed by atoms with E-state index < -0.39 is 12.0 Å². The molecule has 0 spiro atoms. The third-order valence-electron chi connectivity index (χ3n) is 3.33. The van der Waals surface area contributed by atoms with Crippen LogP contribution < -0.4 is 16.2 Å². The van der Waals surface area contributed by atoms with Gasteiger partial charge in [0.15, 0.2) is 11.6 Å². The SMILES string of the molecule is CN(C)[C@@H](CO)C(=O)Oc1ccccc1/N=N/c1ccc(N)nc1N. The number of aromatic nitrogens is 1. The lowest BCUT2D eigenvalue weighted by molar-refractivity contribution is -0.140. The molecule has 0 saturated carbocycles. The lowest BCUT2D eigenvalue weighted by atomic mass is 10.2. The zero-order valence-corrected chi connectivity index (χ0v) is 14.0. The molecule has 132 valence electrons. The number of rotatable bonds is 6. The molecule has 25 heavy (non-hydrogen) atoms. The first-order valence-corrected chi connectivity index (χ1v) is 7.44. The molecule has 0 aliphatic rings. The van der Waals surface area contributed by atoms with Crippen molar-refractivity contribution in [3.05, 3.63) is 36.4 Å². The number of nitrogen functional groups attached to an aromatic ring is 2. The van der Waals surface area contributed by atoms with Crippen LogP contribution in [0.1, 0.15) is 0 Å².